The third kappa shape index (κ3) is 5.52. The number of amides is 1. The average molecular weight is 468 g/mol. The third-order valence-corrected chi connectivity index (χ3v) is 6.91. The van der Waals surface area contributed by atoms with Crippen molar-refractivity contribution in [3.05, 3.63) is 47.2 Å². The Morgan fingerprint density at radius 2 is 1.94 bits per heavy atom. The Labute approximate surface area is 185 Å². The van der Waals surface area contributed by atoms with E-state index in [4.69, 9.17) is 21.1 Å². The van der Waals surface area contributed by atoms with Crippen LogP contribution in [0.1, 0.15) is 29.6 Å². The van der Waals surface area contributed by atoms with Gasteiger partial charge in [0.05, 0.1) is 23.3 Å². The van der Waals surface area contributed by atoms with E-state index in [1.54, 1.807) is 0 Å². The number of nitrogens with zero attached hydrogens (tertiary/aromatic N) is 2. The van der Waals surface area contributed by atoms with Crippen molar-refractivity contribution in [3.8, 4) is 5.75 Å². The van der Waals surface area contributed by atoms with E-state index in [0.717, 1.165) is 19.3 Å². The molecule has 1 aliphatic rings. The van der Waals surface area contributed by atoms with E-state index in [1.807, 2.05) is 0 Å². The molecule has 3 rings (SSSR count). The van der Waals surface area contributed by atoms with Gasteiger partial charge in [-0.3, -0.25) is 4.79 Å². The number of piperidine rings is 1. The molecule has 2 aromatic rings. The molecule has 0 unspecified atom stereocenters. The van der Waals surface area contributed by atoms with Gasteiger partial charge in [-0.15, -0.1) is 0 Å². The van der Waals surface area contributed by atoms with Crippen molar-refractivity contribution < 1.29 is 27.5 Å². The molecule has 9 nitrogen and oxygen atoms in total. The average Bonchev–Trinajstić information content (AvgIpc) is 2.78. The van der Waals surface area contributed by atoms with E-state index in [-0.39, 0.29) is 27.0 Å². The van der Waals surface area contributed by atoms with Crippen molar-refractivity contribution in [2.45, 2.75) is 24.2 Å². The molecular formula is C20H22ClN3O6S. The topological polar surface area (TPSA) is 115 Å². The Morgan fingerprint density at radius 1 is 1.19 bits per heavy atom. The highest BCUT2D eigenvalue weighted by atomic mass is 35.5. The van der Waals surface area contributed by atoms with Gasteiger partial charge in [0.1, 0.15) is 10.9 Å². The molecule has 1 aliphatic heterocycles. The minimum absolute atomic E-state index is 0.0316. The fourth-order valence-corrected chi connectivity index (χ4v) is 4.87. The molecule has 0 saturated carbocycles. The van der Waals surface area contributed by atoms with Crippen molar-refractivity contribution in [2.24, 2.45) is 0 Å². The van der Waals surface area contributed by atoms with Crippen LogP contribution in [0, 0.1) is 0 Å². The summed E-state index contributed by atoms with van der Waals surface area (Å²) in [6.45, 7) is 0.322. The molecule has 1 amide bonds. The third-order valence-electron chi connectivity index (χ3n) is 4.71. The van der Waals surface area contributed by atoms with Gasteiger partial charge in [0.25, 0.3) is 5.91 Å². The lowest BCUT2D eigenvalue weighted by atomic mass is 10.2. The first-order chi connectivity index (χ1) is 14.8. The highest BCUT2D eigenvalue weighted by Gasteiger charge is 2.27. The summed E-state index contributed by atoms with van der Waals surface area (Å²) < 4.78 is 37.4. The number of pyridine rings is 1. The van der Waals surface area contributed by atoms with Crippen LogP contribution < -0.4 is 10.1 Å². The first kappa shape index (κ1) is 23.0. The van der Waals surface area contributed by atoms with E-state index in [0.29, 0.717) is 13.1 Å². The number of hydrogen-bond acceptors (Lipinski definition) is 7. The number of carbonyl (C=O) groups excluding carboxylic acids is 2. The van der Waals surface area contributed by atoms with Crippen LogP contribution in [-0.4, -0.2) is 56.4 Å². The summed E-state index contributed by atoms with van der Waals surface area (Å²) in [6.07, 6.45) is 4.04. The Hall–Kier alpha value is -2.69. The highest BCUT2D eigenvalue weighted by Crippen LogP contribution is 2.30. The van der Waals surface area contributed by atoms with Gasteiger partial charge in [-0.2, -0.15) is 4.31 Å². The van der Waals surface area contributed by atoms with Gasteiger partial charge < -0.3 is 14.8 Å². The standard InChI is InChI=1S/C20H22ClN3O6S/c1-29-17-8-7-14(31(27,28)24-10-3-2-4-11-24)12-16(17)23-18(25)13-30-20(26)15-6-5-9-22-19(15)21/h5-9,12H,2-4,10-11,13H2,1H3,(H,23,25). The van der Waals surface area contributed by atoms with Gasteiger partial charge in [-0.1, -0.05) is 18.0 Å². The van der Waals surface area contributed by atoms with Crippen LogP contribution in [0.15, 0.2) is 41.4 Å². The monoisotopic (exact) mass is 467 g/mol. The lowest BCUT2D eigenvalue weighted by molar-refractivity contribution is -0.119. The van der Waals surface area contributed by atoms with Gasteiger partial charge in [-0.05, 0) is 43.2 Å². The van der Waals surface area contributed by atoms with Gasteiger partial charge >= 0.3 is 5.97 Å². The number of benzene rings is 1. The summed E-state index contributed by atoms with van der Waals surface area (Å²) in [4.78, 5) is 28.2. The summed E-state index contributed by atoms with van der Waals surface area (Å²) >= 11 is 5.84. The van der Waals surface area contributed by atoms with E-state index in [1.165, 1.54) is 47.9 Å². The molecular weight excluding hydrogens is 446 g/mol. The molecule has 1 saturated heterocycles. The summed E-state index contributed by atoms with van der Waals surface area (Å²) in [5, 5.41) is 2.49. The van der Waals surface area contributed by atoms with E-state index >= 15 is 0 Å². The quantitative estimate of drug-likeness (QED) is 0.491. The summed E-state index contributed by atoms with van der Waals surface area (Å²) in [5.41, 5.74) is 0.185. The number of methoxy groups -OCH3 is 1. The number of anilines is 1. The zero-order chi connectivity index (χ0) is 22.4. The SMILES string of the molecule is COc1ccc(S(=O)(=O)N2CCCCC2)cc1NC(=O)COC(=O)c1cccnc1Cl. The molecule has 1 aromatic carbocycles. The van der Waals surface area contributed by atoms with Crippen LogP contribution in [0.4, 0.5) is 5.69 Å². The van der Waals surface area contributed by atoms with Crippen LogP contribution >= 0.6 is 11.6 Å². The first-order valence-electron chi connectivity index (χ1n) is 9.58. The van der Waals surface area contributed by atoms with Gasteiger partial charge in [0, 0.05) is 19.3 Å². The van der Waals surface area contributed by atoms with Crippen LogP contribution in [0.5, 0.6) is 5.75 Å². The molecule has 1 N–H and O–H groups in total. The number of nitrogens with one attached hydrogen (secondary N) is 1. The van der Waals surface area contributed by atoms with E-state index < -0.39 is 28.5 Å². The smallest absolute Gasteiger partial charge is 0.341 e. The second kappa shape index (κ2) is 10.1. The molecule has 166 valence electrons. The maximum atomic E-state index is 12.9. The van der Waals surface area contributed by atoms with Crippen LogP contribution in [0.3, 0.4) is 0 Å². The summed E-state index contributed by atoms with van der Waals surface area (Å²) in [7, 11) is -2.30. The Bertz CT molecular complexity index is 1070. The minimum atomic E-state index is -3.69. The predicted octanol–water partition coefficient (Wildman–Crippen LogP) is 2.71. The first-order valence-corrected chi connectivity index (χ1v) is 11.4. The van der Waals surface area contributed by atoms with Gasteiger partial charge in [0.15, 0.2) is 6.61 Å². The second-order valence-corrected chi connectivity index (χ2v) is 9.09. The molecule has 0 bridgehead atoms. The second-order valence-electron chi connectivity index (χ2n) is 6.79. The van der Waals surface area contributed by atoms with E-state index in [9.17, 15) is 18.0 Å². The molecule has 1 aromatic heterocycles. The zero-order valence-corrected chi connectivity index (χ0v) is 18.4. The van der Waals surface area contributed by atoms with Crippen molar-refractivity contribution >= 4 is 39.2 Å². The van der Waals surface area contributed by atoms with Gasteiger partial charge in [0.2, 0.25) is 10.0 Å². The largest absolute Gasteiger partial charge is 0.495 e. The molecule has 11 heteroatoms. The number of carbonyl (C=O) groups is 2. The molecule has 0 atom stereocenters. The number of rotatable bonds is 7. The molecule has 31 heavy (non-hydrogen) atoms. The minimum Gasteiger partial charge on any atom is -0.495 e. The van der Waals surface area contributed by atoms with Crippen molar-refractivity contribution in [1.29, 1.82) is 0 Å². The molecule has 0 radical (unpaired) electrons. The number of sulfonamides is 1. The lowest BCUT2D eigenvalue weighted by Gasteiger charge is -2.26. The van der Waals surface area contributed by atoms with Crippen LogP contribution in [-0.2, 0) is 19.6 Å². The Kier molecular flexibility index (Phi) is 7.47. The van der Waals surface area contributed by atoms with Crippen molar-refractivity contribution in [2.75, 3.05) is 32.1 Å². The Balaban J connectivity index is 1.71. The number of ether oxygens (including phenoxy) is 2. The number of esters is 1. The van der Waals surface area contributed by atoms with E-state index in [2.05, 4.69) is 10.3 Å². The number of hydrogen-bond donors (Lipinski definition) is 1. The summed E-state index contributed by atoms with van der Waals surface area (Å²) in [6, 6.07) is 7.17. The van der Waals surface area contributed by atoms with Crippen molar-refractivity contribution in [1.82, 2.24) is 9.29 Å². The normalized spacial score (nSPS) is 14.6. The molecule has 1 fully saturated rings. The predicted molar refractivity (Wildman–Crippen MR) is 114 cm³/mol. The fourth-order valence-electron chi connectivity index (χ4n) is 3.13. The number of aromatic nitrogens is 1. The summed E-state index contributed by atoms with van der Waals surface area (Å²) in [5.74, 6) is -1.20. The Morgan fingerprint density at radius 3 is 2.61 bits per heavy atom. The van der Waals surface area contributed by atoms with Crippen molar-refractivity contribution in [3.63, 3.8) is 0 Å². The maximum absolute atomic E-state index is 12.9. The zero-order valence-electron chi connectivity index (χ0n) is 16.8. The molecule has 0 aliphatic carbocycles. The lowest BCUT2D eigenvalue weighted by Crippen LogP contribution is -2.35. The molecule has 2 heterocycles. The maximum Gasteiger partial charge on any atom is 0.341 e. The number of halogens is 1. The van der Waals surface area contributed by atoms with Crippen LogP contribution in [0.2, 0.25) is 5.15 Å². The molecule has 0 spiro atoms. The highest BCUT2D eigenvalue weighted by molar-refractivity contribution is 7.89. The van der Waals surface area contributed by atoms with Gasteiger partial charge in [-0.25, -0.2) is 18.2 Å². The van der Waals surface area contributed by atoms with Crippen LogP contribution in [0.25, 0.3) is 0 Å². The fraction of sp³-hybridized carbons (Fsp3) is 0.350.